The van der Waals surface area contributed by atoms with E-state index in [1.54, 1.807) is 39.2 Å². The first-order valence-corrected chi connectivity index (χ1v) is 20.8. The molecule has 0 aliphatic carbocycles. The number of anilines is 1. The number of urea groups is 1. The van der Waals surface area contributed by atoms with Crippen molar-refractivity contribution in [2.45, 2.75) is 82.2 Å². The number of piperazine rings is 1. The van der Waals surface area contributed by atoms with Crippen LogP contribution in [0.25, 0.3) is 0 Å². The van der Waals surface area contributed by atoms with E-state index in [2.05, 4.69) is 26.1 Å². The van der Waals surface area contributed by atoms with Gasteiger partial charge in [-0.05, 0) is 90.7 Å². The van der Waals surface area contributed by atoms with Gasteiger partial charge < -0.3 is 29.9 Å². The average molecular weight is 804 g/mol. The standard InChI is InChI=1S/C37H51BrN6O7S/c1-3-26(2)52(49,50)43-17-13-29(14-18-43)40-20-22-41(23-21-40)35(46)34(25-27-8-9-33(45)31(38)24-27)51-37(48)42-15-11-30(12-16-42)44-19-10-28-6-4-5-7-32(28)39-36(44)47/h4-9,24,26,29-30,34,45H,3,10-23,25H2,1-2H3,(H,39,47)/t26?,34-/m1/s1. The molecular weight excluding hydrogens is 752 g/mol. The molecule has 4 aliphatic rings. The smallest absolute Gasteiger partial charge is 0.410 e. The summed E-state index contributed by atoms with van der Waals surface area (Å²) in [5, 5.41) is 12.7. The van der Waals surface area contributed by atoms with E-state index >= 15 is 0 Å². The lowest BCUT2D eigenvalue weighted by molar-refractivity contribution is -0.143. The van der Waals surface area contributed by atoms with Gasteiger partial charge in [0.2, 0.25) is 10.0 Å². The zero-order chi connectivity index (χ0) is 37.0. The van der Waals surface area contributed by atoms with Crippen molar-refractivity contribution in [3.63, 3.8) is 0 Å². The van der Waals surface area contributed by atoms with E-state index in [9.17, 15) is 27.9 Å². The summed E-state index contributed by atoms with van der Waals surface area (Å²) in [5.74, 6) is -0.185. The first kappa shape index (κ1) is 38.3. The van der Waals surface area contributed by atoms with Gasteiger partial charge in [0.15, 0.2) is 6.10 Å². The molecule has 0 saturated carbocycles. The van der Waals surface area contributed by atoms with Crippen LogP contribution in [0.1, 0.15) is 57.1 Å². The lowest BCUT2D eigenvalue weighted by Gasteiger charge is -2.43. The molecule has 2 aromatic rings. The fourth-order valence-corrected chi connectivity index (χ4v) is 9.88. The van der Waals surface area contributed by atoms with E-state index in [0.29, 0.717) is 82.6 Å². The Morgan fingerprint density at radius 1 is 0.923 bits per heavy atom. The molecule has 4 aliphatic heterocycles. The molecular formula is C37H51BrN6O7S. The Morgan fingerprint density at radius 3 is 2.27 bits per heavy atom. The molecule has 0 aromatic heterocycles. The fourth-order valence-electron chi connectivity index (χ4n) is 7.80. The number of phenolic OH excluding ortho intramolecular Hbond substituents is 1. The predicted molar refractivity (Wildman–Crippen MR) is 202 cm³/mol. The number of nitrogens with zero attached hydrogens (tertiary/aromatic N) is 5. The number of sulfonamides is 1. The Bertz CT molecular complexity index is 1710. The number of piperidine rings is 2. The molecule has 2 N–H and O–H groups in total. The molecule has 13 nitrogen and oxygen atoms in total. The minimum absolute atomic E-state index is 0.0158. The number of carbonyl (C=O) groups is 3. The molecule has 3 saturated heterocycles. The zero-order valence-electron chi connectivity index (χ0n) is 30.1. The number of fused-ring (bicyclic) bond motifs is 1. The first-order valence-electron chi connectivity index (χ1n) is 18.5. The summed E-state index contributed by atoms with van der Waals surface area (Å²) < 4.78 is 33.8. The quantitative estimate of drug-likeness (QED) is 0.378. The monoisotopic (exact) mass is 802 g/mol. The summed E-state index contributed by atoms with van der Waals surface area (Å²) in [7, 11) is -3.28. The molecule has 2 aromatic carbocycles. The Morgan fingerprint density at radius 2 is 1.60 bits per heavy atom. The number of ether oxygens (including phenoxy) is 1. The maximum absolute atomic E-state index is 14.0. The number of para-hydroxylation sites is 1. The minimum Gasteiger partial charge on any atom is -0.507 e. The topological polar surface area (TPSA) is 143 Å². The highest BCUT2D eigenvalue weighted by atomic mass is 79.9. The van der Waals surface area contributed by atoms with Crippen LogP contribution >= 0.6 is 15.9 Å². The van der Waals surface area contributed by atoms with E-state index in [0.717, 1.165) is 36.1 Å². The molecule has 0 radical (unpaired) electrons. The fraction of sp³-hybridized carbons (Fsp3) is 0.595. The number of carbonyl (C=O) groups excluding carboxylic acids is 3. The molecule has 3 fully saturated rings. The number of hydrogen-bond acceptors (Lipinski definition) is 8. The predicted octanol–water partition coefficient (Wildman–Crippen LogP) is 4.49. The molecule has 0 bridgehead atoms. The van der Waals surface area contributed by atoms with Gasteiger partial charge in [-0.1, -0.05) is 31.2 Å². The molecule has 2 atom stereocenters. The lowest BCUT2D eigenvalue weighted by atomic mass is 10.0. The molecule has 52 heavy (non-hydrogen) atoms. The van der Waals surface area contributed by atoms with Crippen molar-refractivity contribution in [3.8, 4) is 5.75 Å². The van der Waals surface area contributed by atoms with Crippen LogP contribution in [-0.2, 0) is 32.4 Å². The second kappa shape index (κ2) is 16.7. The molecule has 284 valence electrons. The van der Waals surface area contributed by atoms with E-state index in [1.165, 1.54) is 0 Å². The summed E-state index contributed by atoms with van der Waals surface area (Å²) in [4.78, 5) is 48.4. The van der Waals surface area contributed by atoms with Crippen LogP contribution in [-0.4, -0.2) is 138 Å². The Hall–Kier alpha value is -3.40. The van der Waals surface area contributed by atoms with Gasteiger partial charge in [0, 0.05) is 83.1 Å². The van der Waals surface area contributed by atoms with Crippen LogP contribution < -0.4 is 5.32 Å². The van der Waals surface area contributed by atoms with Crippen molar-refractivity contribution in [3.05, 3.63) is 58.1 Å². The van der Waals surface area contributed by atoms with Crippen LogP contribution in [0.5, 0.6) is 5.75 Å². The number of hydrogen-bond donors (Lipinski definition) is 2. The van der Waals surface area contributed by atoms with Gasteiger partial charge in [0.05, 0.1) is 9.72 Å². The van der Waals surface area contributed by atoms with Gasteiger partial charge in [-0.25, -0.2) is 22.3 Å². The molecule has 4 amide bonds. The number of benzene rings is 2. The number of phenols is 1. The zero-order valence-corrected chi connectivity index (χ0v) is 32.5. The summed E-state index contributed by atoms with van der Waals surface area (Å²) >= 11 is 3.35. The highest BCUT2D eigenvalue weighted by Gasteiger charge is 2.38. The Balaban J connectivity index is 1.04. The summed E-state index contributed by atoms with van der Waals surface area (Å²) in [6.45, 7) is 8.35. The number of aromatic hydroxyl groups is 1. The average Bonchev–Trinajstić information content (AvgIpc) is 3.33. The van der Waals surface area contributed by atoms with E-state index < -0.39 is 22.2 Å². The number of nitrogens with one attached hydrogen (secondary N) is 1. The third kappa shape index (κ3) is 8.69. The van der Waals surface area contributed by atoms with Crippen LogP contribution in [0.4, 0.5) is 15.3 Å². The highest BCUT2D eigenvalue weighted by molar-refractivity contribution is 9.10. The third-order valence-corrected chi connectivity index (χ3v) is 14.3. The lowest BCUT2D eigenvalue weighted by Crippen LogP contribution is -2.57. The summed E-state index contributed by atoms with van der Waals surface area (Å²) in [6, 6.07) is 12.9. The van der Waals surface area contributed by atoms with E-state index in [1.807, 2.05) is 36.1 Å². The van der Waals surface area contributed by atoms with Crippen molar-refractivity contribution < 1.29 is 32.6 Å². The molecule has 15 heteroatoms. The van der Waals surface area contributed by atoms with Gasteiger partial charge in [0.25, 0.3) is 5.91 Å². The number of rotatable bonds is 9. The van der Waals surface area contributed by atoms with Crippen LogP contribution in [0.15, 0.2) is 46.9 Å². The van der Waals surface area contributed by atoms with Crippen LogP contribution in [0.2, 0.25) is 0 Å². The van der Waals surface area contributed by atoms with Gasteiger partial charge >= 0.3 is 12.1 Å². The second-order valence-corrected chi connectivity index (χ2v) is 17.6. The highest BCUT2D eigenvalue weighted by Crippen LogP contribution is 2.28. The first-order chi connectivity index (χ1) is 24.9. The van der Waals surface area contributed by atoms with Gasteiger partial charge in [-0.3, -0.25) is 9.69 Å². The maximum Gasteiger partial charge on any atom is 0.410 e. The van der Waals surface area contributed by atoms with Crippen molar-refractivity contribution in [2.75, 3.05) is 64.2 Å². The van der Waals surface area contributed by atoms with Crippen LogP contribution in [0.3, 0.4) is 0 Å². The minimum atomic E-state index is -3.28. The Labute approximate surface area is 315 Å². The molecule has 4 heterocycles. The number of halogens is 1. The van der Waals surface area contributed by atoms with Crippen molar-refractivity contribution in [1.29, 1.82) is 0 Å². The second-order valence-electron chi connectivity index (χ2n) is 14.4. The van der Waals surface area contributed by atoms with Crippen molar-refractivity contribution in [2.24, 2.45) is 0 Å². The Kier molecular flexibility index (Phi) is 12.3. The largest absolute Gasteiger partial charge is 0.507 e. The number of amides is 4. The molecule has 0 spiro atoms. The van der Waals surface area contributed by atoms with Gasteiger partial charge in [-0.2, -0.15) is 0 Å². The molecule has 1 unspecified atom stereocenters. The summed E-state index contributed by atoms with van der Waals surface area (Å²) in [5.41, 5.74) is 2.68. The molecule has 6 rings (SSSR count). The van der Waals surface area contributed by atoms with Gasteiger partial charge in [-0.15, -0.1) is 0 Å². The normalized spacial score (nSPS) is 21.2. The third-order valence-electron chi connectivity index (χ3n) is 11.3. The van der Waals surface area contributed by atoms with E-state index in [4.69, 9.17) is 4.74 Å². The van der Waals surface area contributed by atoms with Crippen LogP contribution in [0, 0.1) is 0 Å². The van der Waals surface area contributed by atoms with Crippen molar-refractivity contribution >= 4 is 49.7 Å². The summed E-state index contributed by atoms with van der Waals surface area (Å²) in [6.07, 6.45) is 2.60. The van der Waals surface area contributed by atoms with E-state index in [-0.39, 0.29) is 41.4 Å². The number of likely N-dealkylation sites (tertiary alicyclic amines) is 1. The maximum atomic E-state index is 14.0. The van der Waals surface area contributed by atoms with Gasteiger partial charge in [0.1, 0.15) is 5.75 Å². The van der Waals surface area contributed by atoms with Crippen molar-refractivity contribution in [1.82, 2.24) is 23.9 Å². The SMILES string of the molecule is CCC(C)S(=O)(=O)N1CCC(N2CCN(C(=O)[C@@H](Cc3ccc(O)c(Br)c3)OC(=O)N3CCC(N4CCc5ccccc5NC4=O)CC3)CC2)CC1.